The molecular weight excluding hydrogens is 462 g/mol. The van der Waals surface area contributed by atoms with Crippen LogP contribution in [-0.2, 0) is 26.2 Å². The zero-order valence-corrected chi connectivity index (χ0v) is 21.3. The number of carbonyl (C=O) groups is 2. The number of carbonyl (C=O) groups excluding carboxylic acids is 2. The first kappa shape index (κ1) is 26.7. The van der Waals surface area contributed by atoms with Gasteiger partial charge in [0, 0.05) is 18.1 Å². The van der Waals surface area contributed by atoms with Gasteiger partial charge in [0.05, 0.1) is 11.9 Å². The number of amides is 2. The van der Waals surface area contributed by atoms with Crippen LogP contribution in [0.4, 0.5) is 5.69 Å². The maximum absolute atomic E-state index is 13.4. The third-order valence-corrected chi connectivity index (χ3v) is 6.48. The molecule has 7 nitrogen and oxygen atoms in total. The minimum Gasteiger partial charge on any atom is -0.354 e. The minimum absolute atomic E-state index is 0.169. The Morgan fingerprint density at radius 1 is 1.06 bits per heavy atom. The van der Waals surface area contributed by atoms with Crippen molar-refractivity contribution in [1.29, 1.82) is 0 Å². The lowest BCUT2D eigenvalue weighted by Gasteiger charge is -2.31. The van der Waals surface area contributed by atoms with E-state index >= 15 is 0 Å². The lowest BCUT2D eigenvalue weighted by atomic mass is 10.1. The molecule has 0 fully saturated rings. The molecule has 1 atom stereocenters. The molecule has 180 valence electrons. The highest BCUT2D eigenvalue weighted by Crippen LogP contribution is 2.22. The monoisotopic (exact) mass is 493 g/mol. The van der Waals surface area contributed by atoms with Crippen LogP contribution in [0.2, 0.25) is 5.02 Å². The highest BCUT2D eigenvalue weighted by Gasteiger charge is 2.30. The van der Waals surface area contributed by atoms with Gasteiger partial charge in [-0.2, -0.15) is 0 Å². The molecule has 0 radical (unpaired) electrons. The number of hydrogen-bond donors (Lipinski definition) is 1. The van der Waals surface area contributed by atoms with Gasteiger partial charge in [0.2, 0.25) is 21.8 Å². The molecule has 0 aliphatic carbocycles. The van der Waals surface area contributed by atoms with Gasteiger partial charge in [-0.15, -0.1) is 0 Å². The second-order valence-electron chi connectivity index (χ2n) is 8.57. The predicted octanol–water partition coefficient (Wildman–Crippen LogP) is 3.60. The number of nitrogens with one attached hydrogen (secondary N) is 1. The van der Waals surface area contributed by atoms with Gasteiger partial charge in [-0.1, -0.05) is 61.3 Å². The van der Waals surface area contributed by atoms with E-state index in [1.165, 1.54) is 11.0 Å². The summed E-state index contributed by atoms with van der Waals surface area (Å²) in [5.74, 6) is -0.531. The number of nitrogens with zero attached hydrogens (tertiary/aromatic N) is 2. The van der Waals surface area contributed by atoms with Gasteiger partial charge in [0.25, 0.3) is 0 Å². The first-order valence-electron chi connectivity index (χ1n) is 10.7. The Labute approximate surface area is 201 Å². The molecular formula is C24H32ClN3O4S. The van der Waals surface area contributed by atoms with Gasteiger partial charge in [0.15, 0.2) is 0 Å². The van der Waals surface area contributed by atoms with E-state index in [9.17, 15) is 18.0 Å². The van der Waals surface area contributed by atoms with Crippen LogP contribution in [0.5, 0.6) is 0 Å². The first-order valence-corrected chi connectivity index (χ1v) is 13.0. The average Bonchev–Trinajstić information content (AvgIpc) is 2.73. The fourth-order valence-electron chi connectivity index (χ4n) is 3.17. The molecule has 0 unspecified atom stereocenters. The SMILES string of the molecule is Cc1ccc(CN(C(=O)CN(c2cccc(Cl)c2)S(C)(=O)=O)[C@@H](C)C(=O)NCC(C)C)cc1. The van der Waals surface area contributed by atoms with Gasteiger partial charge >= 0.3 is 0 Å². The van der Waals surface area contributed by atoms with E-state index in [2.05, 4.69) is 5.32 Å². The summed E-state index contributed by atoms with van der Waals surface area (Å²) in [6.45, 7) is 7.77. The molecule has 0 aliphatic heterocycles. The number of aryl methyl sites for hydroxylation is 1. The van der Waals surface area contributed by atoms with Crippen molar-refractivity contribution in [3.8, 4) is 0 Å². The van der Waals surface area contributed by atoms with Crippen LogP contribution in [0.15, 0.2) is 48.5 Å². The third-order valence-electron chi connectivity index (χ3n) is 5.10. The van der Waals surface area contributed by atoms with Crippen LogP contribution in [0.1, 0.15) is 31.9 Å². The maximum Gasteiger partial charge on any atom is 0.244 e. The standard InChI is InChI=1S/C24H32ClN3O4S/c1-17(2)14-26-24(30)19(4)27(15-20-11-9-18(3)10-12-20)23(29)16-28(33(5,31)32)22-8-6-7-21(25)13-22/h6-13,17,19H,14-16H2,1-5H3,(H,26,30)/t19-/m0/s1. The highest BCUT2D eigenvalue weighted by molar-refractivity contribution is 7.92. The summed E-state index contributed by atoms with van der Waals surface area (Å²) in [6, 6.07) is 13.1. The van der Waals surface area contributed by atoms with Gasteiger partial charge in [-0.05, 0) is 43.5 Å². The summed E-state index contributed by atoms with van der Waals surface area (Å²) in [4.78, 5) is 27.6. The van der Waals surface area contributed by atoms with Crippen LogP contribution in [0.25, 0.3) is 0 Å². The van der Waals surface area contributed by atoms with Crippen molar-refractivity contribution in [1.82, 2.24) is 10.2 Å². The van der Waals surface area contributed by atoms with Crippen LogP contribution in [0, 0.1) is 12.8 Å². The molecule has 0 heterocycles. The molecule has 0 bridgehead atoms. The van der Waals surface area contributed by atoms with Crippen molar-refractivity contribution in [3.05, 3.63) is 64.7 Å². The van der Waals surface area contributed by atoms with Gasteiger partial charge in [-0.3, -0.25) is 13.9 Å². The first-order chi connectivity index (χ1) is 15.4. The van der Waals surface area contributed by atoms with E-state index in [1.807, 2.05) is 45.0 Å². The van der Waals surface area contributed by atoms with Crippen molar-refractivity contribution >= 4 is 39.1 Å². The molecule has 9 heteroatoms. The van der Waals surface area contributed by atoms with Gasteiger partial charge < -0.3 is 10.2 Å². The zero-order valence-electron chi connectivity index (χ0n) is 19.7. The van der Waals surface area contributed by atoms with E-state index in [-0.39, 0.29) is 24.1 Å². The van der Waals surface area contributed by atoms with Crippen molar-refractivity contribution in [2.45, 2.75) is 40.3 Å². The number of benzene rings is 2. The van der Waals surface area contributed by atoms with E-state index in [4.69, 9.17) is 11.6 Å². The quantitative estimate of drug-likeness (QED) is 0.547. The van der Waals surface area contributed by atoms with Crippen molar-refractivity contribution in [2.24, 2.45) is 5.92 Å². The van der Waals surface area contributed by atoms with E-state index in [0.29, 0.717) is 11.6 Å². The summed E-state index contributed by atoms with van der Waals surface area (Å²) in [6.07, 6.45) is 1.03. The fourth-order valence-corrected chi connectivity index (χ4v) is 4.20. The van der Waals surface area contributed by atoms with Crippen molar-refractivity contribution in [2.75, 3.05) is 23.7 Å². The highest BCUT2D eigenvalue weighted by atomic mass is 35.5. The summed E-state index contributed by atoms with van der Waals surface area (Å²) < 4.78 is 26.0. The van der Waals surface area contributed by atoms with Gasteiger partial charge in [-0.25, -0.2) is 8.42 Å². The molecule has 0 aliphatic rings. The second-order valence-corrected chi connectivity index (χ2v) is 10.9. The normalized spacial score (nSPS) is 12.3. The molecule has 0 spiro atoms. The molecule has 0 saturated heterocycles. The largest absolute Gasteiger partial charge is 0.354 e. The Morgan fingerprint density at radius 2 is 1.70 bits per heavy atom. The van der Waals surface area contributed by atoms with E-state index in [0.717, 1.165) is 21.7 Å². The van der Waals surface area contributed by atoms with Crippen LogP contribution in [0.3, 0.4) is 0 Å². The number of halogens is 1. The molecule has 2 amide bonds. The summed E-state index contributed by atoms with van der Waals surface area (Å²) >= 11 is 6.04. The number of rotatable bonds is 10. The Balaban J connectivity index is 2.35. The Hall–Kier alpha value is -2.58. The second kappa shape index (κ2) is 11.5. The van der Waals surface area contributed by atoms with Crippen LogP contribution < -0.4 is 9.62 Å². The molecule has 2 aromatic carbocycles. The molecule has 2 rings (SSSR count). The molecule has 0 saturated carbocycles. The number of anilines is 1. The lowest BCUT2D eigenvalue weighted by Crippen LogP contribution is -2.51. The Kier molecular flexibility index (Phi) is 9.31. The van der Waals surface area contributed by atoms with Gasteiger partial charge in [0.1, 0.15) is 12.6 Å². The minimum atomic E-state index is -3.78. The van der Waals surface area contributed by atoms with E-state index in [1.54, 1.807) is 25.1 Å². The molecule has 1 N–H and O–H groups in total. The molecule has 33 heavy (non-hydrogen) atoms. The smallest absolute Gasteiger partial charge is 0.244 e. The summed E-state index contributed by atoms with van der Waals surface area (Å²) in [7, 11) is -3.78. The van der Waals surface area contributed by atoms with E-state index < -0.39 is 28.5 Å². The molecule has 2 aromatic rings. The zero-order chi connectivity index (χ0) is 24.8. The predicted molar refractivity (Wildman–Crippen MR) is 133 cm³/mol. The third kappa shape index (κ3) is 8.05. The van der Waals surface area contributed by atoms with Crippen molar-refractivity contribution in [3.63, 3.8) is 0 Å². The molecule has 0 aromatic heterocycles. The average molecular weight is 494 g/mol. The lowest BCUT2D eigenvalue weighted by molar-refractivity contribution is -0.139. The number of hydrogen-bond acceptors (Lipinski definition) is 4. The van der Waals surface area contributed by atoms with Crippen molar-refractivity contribution < 1.29 is 18.0 Å². The Bertz CT molecular complexity index is 1070. The van der Waals surface area contributed by atoms with Crippen LogP contribution in [-0.4, -0.2) is 50.5 Å². The number of sulfonamides is 1. The summed E-state index contributed by atoms with van der Waals surface area (Å²) in [5.41, 5.74) is 2.19. The Morgan fingerprint density at radius 3 is 2.24 bits per heavy atom. The summed E-state index contributed by atoms with van der Waals surface area (Å²) in [5, 5.41) is 3.21. The van der Waals surface area contributed by atoms with Crippen LogP contribution >= 0.6 is 11.6 Å². The fraction of sp³-hybridized carbons (Fsp3) is 0.417. The maximum atomic E-state index is 13.4. The topological polar surface area (TPSA) is 86.8 Å².